The van der Waals surface area contributed by atoms with Gasteiger partial charge in [-0.15, -0.1) is 0 Å². The van der Waals surface area contributed by atoms with E-state index in [4.69, 9.17) is 9.47 Å². The largest absolute Gasteiger partial charge is 0.489 e. The van der Waals surface area contributed by atoms with Gasteiger partial charge in [0, 0.05) is 31.7 Å². The number of amides is 2. The molecule has 1 atom stereocenters. The Kier molecular flexibility index (Phi) is 13.1. The Bertz CT molecular complexity index is 986. The first-order valence-corrected chi connectivity index (χ1v) is 14.1. The number of benzene rings is 2. The first-order chi connectivity index (χ1) is 18.3. The fourth-order valence-electron chi connectivity index (χ4n) is 4.70. The third-order valence-corrected chi connectivity index (χ3v) is 6.50. The van der Waals surface area contributed by atoms with Gasteiger partial charge >= 0.3 is 6.09 Å². The Morgan fingerprint density at radius 1 is 1.05 bits per heavy atom. The molecule has 1 heterocycles. The monoisotopic (exact) mass is 525 g/mol. The van der Waals surface area contributed by atoms with E-state index in [0.717, 1.165) is 35.4 Å². The van der Waals surface area contributed by atoms with Gasteiger partial charge in [-0.1, -0.05) is 57.2 Å². The lowest BCUT2D eigenvalue weighted by Crippen LogP contribution is -2.49. The van der Waals surface area contributed by atoms with Crippen LogP contribution < -0.4 is 10.1 Å². The van der Waals surface area contributed by atoms with Gasteiger partial charge in [0.05, 0.1) is 6.61 Å². The number of carbonyl (C=O) groups is 2. The second-order valence-corrected chi connectivity index (χ2v) is 9.81. The molecule has 1 N–H and O–H groups in total. The molecule has 0 saturated carbocycles. The topological polar surface area (TPSA) is 71.1 Å². The lowest BCUT2D eigenvalue weighted by atomic mass is 9.92. The van der Waals surface area contributed by atoms with Gasteiger partial charge in [0.1, 0.15) is 18.4 Å². The van der Waals surface area contributed by atoms with Gasteiger partial charge in [0.2, 0.25) is 5.91 Å². The van der Waals surface area contributed by atoms with Crippen molar-refractivity contribution in [1.29, 1.82) is 0 Å². The Labute approximate surface area is 229 Å². The molecule has 0 aromatic heterocycles. The lowest BCUT2D eigenvalue weighted by molar-refractivity contribution is -0.126. The van der Waals surface area contributed by atoms with Gasteiger partial charge in [-0.2, -0.15) is 0 Å². The van der Waals surface area contributed by atoms with E-state index in [9.17, 15) is 9.59 Å². The van der Waals surface area contributed by atoms with Gasteiger partial charge in [0.25, 0.3) is 0 Å². The fourth-order valence-corrected chi connectivity index (χ4v) is 4.70. The molecular weight excluding hydrogens is 478 g/mol. The third-order valence-electron chi connectivity index (χ3n) is 6.50. The van der Waals surface area contributed by atoms with Gasteiger partial charge < -0.3 is 14.8 Å². The first-order valence-electron chi connectivity index (χ1n) is 14.1. The maximum absolute atomic E-state index is 13.5. The van der Waals surface area contributed by atoms with Crippen LogP contribution in [-0.2, 0) is 22.6 Å². The van der Waals surface area contributed by atoms with Crippen molar-refractivity contribution < 1.29 is 19.1 Å². The summed E-state index contributed by atoms with van der Waals surface area (Å²) < 4.78 is 11.4. The van der Waals surface area contributed by atoms with Crippen molar-refractivity contribution in [2.24, 2.45) is 0 Å². The molecule has 2 aromatic carbocycles. The molecule has 3 rings (SSSR count). The highest BCUT2D eigenvalue weighted by molar-refractivity contribution is 5.88. The van der Waals surface area contributed by atoms with E-state index >= 15 is 0 Å². The van der Waals surface area contributed by atoms with Gasteiger partial charge in [-0.05, 0) is 69.4 Å². The fraction of sp³-hybridized carbons (Fsp3) is 0.548. The second-order valence-electron chi connectivity index (χ2n) is 9.81. The molecule has 1 aliphatic rings. The summed E-state index contributed by atoms with van der Waals surface area (Å²) in [6.45, 7) is 17.1. The van der Waals surface area contributed by atoms with E-state index in [1.807, 2.05) is 69.3 Å². The summed E-state index contributed by atoms with van der Waals surface area (Å²) in [6, 6.07) is 15.8. The number of hydrogen-bond donors (Lipinski definition) is 1. The molecule has 1 aliphatic heterocycles. The molecule has 0 aliphatic carbocycles. The van der Waals surface area contributed by atoms with Crippen LogP contribution in [0, 0.1) is 0 Å². The molecule has 38 heavy (non-hydrogen) atoms. The molecule has 7 nitrogen and oxygen atoms in total. The first kappa shape index (κ1) is 31.2. The molecule has 210 valence electrons. The lowest BCUT2D eigenvalue weighted by Gasteiger charge is -2.36. The smallest absolute Gasteiger partial charge is 0.410 e. The highest BCUT2D eigenvalue weighted by atomic mass is 16.6. The molecule has 0 radical (unpaired) electrons. The molecule has 0 saturated heterocycles. The number of rotatable bonds is 11. The summed E-state index contributed by atoms with van der Waals surface area (Å²) in [5, 5.41) is 3.07. The molecule has 7 heteroatoms. The van der Waals surface area contributed by atoms with E-state index in [0.29, 0.717) is 44.8 Å². The summed E-state index contributed by atoms with van der Waals surface area (Å²) >= 11 is 0. The molecule has 0 bridgehead atoms. The maximum Gasteiger partial charge on any atom is 0.410 e. The summed E-state index contributed by atoms with van der Waals surface area (Å²) in [5.74, 6) is 0.568. The normalized spacial score (nSPS) is 14.6. The summed E-state index contributed by atoms with van der Waals surface area (Å²) in [5.41, 5.74) is 2.93. The number of nitrogens with one attached hydrogen (secondary N) is 1. The van der Waals surface area contributed by atoms with E-state index in [2.05, 4.69) is 37.9 Å². The van der Waals surface area contributed by atoms with Gasteiger partial charge in [-0.25, -0.2) is 4.79 Å². The highest BCUT2D eigenvalue weighted by Gasteiger charge is 2.37. The van der Waals surface area contributed by atoms with Crippen LogP contribution in [0.15, 0.2) is 48.5 Å². The van der Waals surface area contributed by atoms with Crippen LogP contribution in [-0.4, -0.2) is 60.1 Å². The minimum absolute atomic E-state index is 0.185. The van der Waals surface area contributed by atoms with Crippen LogP contribution in [0.25, 0.3) is 0 Å². The maximum atomic E-state index is 13.5. The number of ether oxygens (including phenoxy) is 2. The van der Waals surface area contributed by atoms with Crippen molar-refractivity contribution in [2.45, 2.75) is 86.0 Å². The highest BCUT2D eigenvalue weighted by Crippen LogP contribution is 2.33. The van der Waals surface area contributed by atoms with Crippen molar-refractivity contribution in [3.63, 3.8) is 0 Å². The van der Waals surface area contributed by atoms with Crippen molar-refractivity contribution >= 4 is 12.0 Å². The molecule has 0 spiro atoms. The van der Waals surface area contributed by atoms with Crippen molar-refractivity contribution in [3.8, 4) is 5.75 Å². The number of carbonyl (C=O) groups excluding carboxylic acids is 2. The van der Waals surface area contributed by atoms with E-state index in [1.165, 1.54) is 0 Å². The SMILES string of the molecule is CC.CCCOC(=O)N1CCc2cc(OCc3ccccc3)ccc2C1C(=O)NCCN(C(C)C)C(C)C. The molecule has 1 unspecified atom stereocenters. The number of nitrogens with zero attached hydrogens (tertiary/aromatic N) is 2. The van der Waals surface area contributed by atoms with Crippen LogP contribution in [0.2, 0.25) is 0 Å². The van der Waals surface area contributed by atoms with Crippen molar-refractivity contribution in [1.82, 2.24) is 15.1 Å². The van der Waals surface area contributed by atoms with E-state index in [1.54, 1.807) is 4.90 Å². The van der Waals surface area contributed by atoms with Crippen LogP contribution in [0.5, 0.6) is 5.75 Å². The Hall–Kier alpha value is -3.06. The number of fused-ring (bicyclic) bond motifs is 1. The Morgan fingerprint density at radius 3 is 2.37 bits per heavy atom. The Morgan fingerprint density at radius 2 is 1.74 bits per heavy atom. The average Bonchev–Trinajstić information content (AvgIpc) is 2.93. The standard InChI is InChI=1S/C29H41N3O4.C2H6/c1-6-18-35-29(34)32-16-14-24-19-25(36-20-23-10-8-7-9-11-23)12-13-26(24)27(32)28(33)30-15-17-31(21(2)3)22(4)5;1-2/h7-13,19,21-22,27H,6,14-18,20H2,1-5H3,(H,30,33);1-2H3. The molecule has 2 aromatic rings. The predicted octanol–water partition coefficient (Wildman–Crippen LogP) is 5.97. The minimum atomic E-state index is -0.729. The van der Waals surface area contributed by atoms with E-state index in [-0.39, 0.29) is 5.91 Å². The zero-order chi connectivity index (χ0) is 28.1. The number of hydrogen-bond acceptors (Lipinski definition) is 5. The zero-order valence-corrected chi connectivity index (χ0v) is 24.3. The summed E-state index contributed by atoms with van der Waals surface area (Å²) in [4.78, 5) is 30.2. The van der Waals surface area contributed by atoms with Crippen LogP contribution in [0.4, 0.5) is 4.79 Å². The minimum Gasteiger partial charge on any atom is -0.489 e. The van der Waals surface area contributed by atoms with Crippen LogP contribution in [0.1, 0.15) is 77.6 Å². The second kappa shape index (κ2) is 16.0. The third kappa shape index (κ3) is 8.76. The average molecular weight is 526 g/mol. The summed E-state index contributed by atoms with van der Waals surface area (Å²) in [7, 11) is 0. The van der Waals surface area contributed by atoms with E-state index < -0.39 is 12.1 Å². The molecule has 2 amide bonds. The Balaban J connectivity index is 0.00000247. The van der Waals surface area contributed by atoms with Crippen LogP contribution >= 0.6 is 0 Å². The summed E-state index contributed by atoms with van der Waals surface area (Å²) in [6.07, 6.45) is 0.922. The van der Waals surface area contributed by atoms with Crippen LogP contribution in [0.3, 0.4) is 0 Å². The van der Waals surface area contributed by atoms with Crippen molar-refractivity contribution in [3.05, 3.63) is 65.2 Å². The van der Waals surface area contributed by atoms with Gasteiger partial charge in [0.15, 0.2) is 0 Å². The quantitative estimate of drug-likeness (QED) is 0.391. The molecule has 0 fully saturated rings. The van der Waals surface area contributed by atoms with Crippen molar-refractivity contribution in [2.75, 3.05) is 26.2 Å². The zero-order valence-electron chi connectivity index (χ0n) is 24.3. The molecular formula is C31H47N3O4. The van der Waals surface area contributed by atoms with Gasteiger partial charge in [-0.3, -0.25) is 14.6 Å². The predicted molar refractivity (Wildman–Crippen MR) is 153 cm³/mol.